The maximum Gasteiger partial charge on any atom is 0.407 e. The van der Waals surface area contributed by atoms with Crippen molar-refractivity contribution in [2.24, 2.45) is 5.92 Å². The topological polar surface area (TPSA) is 178 Å². The fourth-order valence-corrected chi connectivity index (χ4v) is 3.80. The standard InChI is InChI=1S/C27H31ClN2O10/c1-15(2)22(30-27(37)38-3)26(36)40-14-39-25(35)21(31)13-20(29-23(32)24(33)34)11-16-7-9-17(10-8-16)18-5-4-6-19(28)12-18/h4-10,12,15,20-22,31H,11,13-14H2,1-3H3,(H,29,32)(H,30,37)(H,33,34)/t20-,21?,22+/m1/s1. The molecular formula is C27H31ClN2O10. The van der Waals surface area contributed by atoms with E-state index >= 15 is 0 Å². The summed E-state index contributed by atoms with van der Waals surface area (Å²) in [5.41, 5.74) is 2.44. The van der Waals surface area contributed by atoms with Crippen LogP contribution >= 0.6 is 11.6 Å². The molecule has 216 valence electrons. The summed E-state index contributed by atoms with van der Waals surface area (Å²) in [4.78, 5) is 58.8. The van der Waals surface area contributed by atoms with Gasteiger partial charge in [-0.15, -0.1) is 0 Å². The van der Waals surface area contributed by atoms with Crippen LogP contribution in [0, 0.1) is 5.92 Å². The number of methoxy groups -OCH3 is 1. The van der Waals surface area contributed by atoms with Gasteiger partial charge in [-0.2, -0.15) is 0 Å². The average Bonchev–Trinajstić information content (AvgIpc) is 2.91. The van der Waals surface area contributed by atoms with E-state index in [4.69, 9.17) is 26.2 Å². The first-order valence-electron chi connectivity index (χ1n) is 12.2. The van der Waals surface area contributed by atoms with Gasteiger partial charge in [0.1, 0.15) is 6.04 Å². The summed E-state index contributed by atoms with van der Waals surface area (Å²) in [6.07, 6.45) is -2.93. The number of hydrogen-bond donors (Lipinski definition) is 4. The fourth-order valence-electron chi connectivity index (χ4n) is 3.61. The van der Waals surface area contributed by atoms with Crippen LogP contribution in [0.2, 0.25) is 5.02 Å². The lowest BCUT2D eigenvalue weighted by Crippen LogP contribution is -2.45. The molecule has 0 saturated heterocycles. The molecule has 0 saturated carbocycles. The number of carbonyl (C=O) groups excluding carboxylic acids is 4. The Morgan fingerprint density at radius 3 is 2.15 bits per heavy atom. The maximum atomic E-state index is 12.3. The highest BCUT2D eigenvalue weighted by molar-refractivity contribution is 6.31. The van der Waals surface area contributed by atoms with E-state index in [1.807, 2.05) is 24.3 Å². The summed E-state index contributed by atoms with van der Waals surface area (Å²) in [5, 5.41) is 24.5. The Hall–Kier alpha value is -4.16. The molecule has 4 N–H and O–H groups in total. The molecule has 0 aliphatic carbocycles. The Bertz CT molecular complexity index is 1200. The summed E-state index contributed by atoms with van der Waals surface area (Å²) in [7, 11) is 1.13. The molecule has 3 atom stereocenters. The number of amides is 2. The average molecular weight is 579 g/mol. The number of esters is 2. The van der Waals surface area contributed by atoms with Crippen molar-refractivity contribution >= 4 is 41.5 Å². The van der Waals surface area contributed by atoms with Crippen molar-refractivity contribution in [3.05, 3.63) is 59.1 Å². The Kier molecular flexibility index (Phi) is 12.4. The molecule has 0 bridgehead atoms. The van der Waals surface area contributed by atoms with E-state index in [1.54, 1.807) is 38.1 Å². The first kappa shape index (κ1) is 32.1. The molecule has 0 radical (unpaired) electrons. The smallest absolute Gasteiger partial charge is 0.407 e. The van der Waals surface area contributed by atoms with E-state index in [0.29, 0.717) is 10.6 Å². The lowest BCUT2D eigenvalue weighted by atomic mass is 9.98. The molecule has 0 aliphatic heterocycles. The van der Waals surface area contributed by atoms with Crippen molar-refractivity contribution in [1.82, 2.24) is 10.6 Å². The largest absolute Gasteiger partial charge is 0.474 e. The van der Waals surface area contributed by atoms with Crippen molar-refractivity contribution in [2.75, 3.05) is 13.9 Å². The zero-order valence-corrected chi connectivity index (χ0v) is 22.8. The van der Waals surface area contributed by atoms with Crippen LogP contribution in [0.4, 0.5) is 4.79 Å². The Morgan fingerprint density at radius 2 is 1.57 bits per heavy atom. The highest BCUT2D eigenvalue weighted by Gasteiger charge is 2.28. The Morgan fingerprint density at radius 1 is 0.925 bits per heavy atom. The van der Waals surface area contributed by atoms with Gasteiger partial charge in [0, 0.05) is 17.5 Å². The lowest BCUT2D eigenvalue weighted by Gasteiger charge is -2.21. The van der Waals surface area contributed by atoms with E-state index in [-0.39, 0.29) is 18.8 Å². The number of nitrogens with one attached hydrogen (secondary N) is 2. The van der Waals surface area contributed by atoms with Gasteiger partial charge in [0.05, 0.1) is 7.11 Å². The highest BCUT2D eigenvalue weighted by atomic mass is 35.5. The predicted molar refractivity (Wildman–Crippen MR) is 142 cm³/mol. The number of rotatable bonds is 12. The van der Waals surface area contributed by atoms with Crippen molar-refractivity contribution < 1.29 is 48.4 Å². The second-order valence-corrected chi connectivity index (χ2v) is 9.48. The number of hydrogen-bond acceptors (Lipinski definition) is 9. The first-order valence-corrected chi connectivity index (χ1v) is 12.5. The van der Waals surface area contributed by atoms with E-state index < -0.39 is 54.9 Å². The van der Waals surface area contributed by atoms with Crippen LogP contribution in [0.3, 0.4) is 0 Å². The van der Waals surface area contributed by atoms with Gasteiger partial charge in [0.15, 0.2) is 6.10 Å². The maximum absolute atomic E-state index is 12.3. The first-order chi connectivity index (χ1) is 18.9. The number of ether oxygens (including phenoxy) is 3. The van der Waals surface area contributed by atoms with Crippen LogP contribution in [-0.2, 0) is 39.8 Å². The molecule has 0 heterocycles. The van der Waals surface area contributed by atoms with E-state index in [2.05, 4.69) is 15.4 Å². The second kappa shape index (κ2) is 15.4. The molecule has 1 unspecified atom stereocenters. The Balaban J connectivity index is 2.00. The molecule has 13 heteroatoms. The summed E-state index contributed by atoms with van der Waals surface area (Å²) < 4.78 is 14.1. The summed E-state index contributed by atoms with van der Waals surface area (Å²) in [5.74, 6) is -5.47. The monoisotopic (exact) mass is 578 g/mol. The number of carboxylic acid groups (broad SMARTS) is 1. The summed E-state index contributed by atoms with van der Waals surface area (Å²) in [6.45, 7) is 2.44. The number of aliphatic hydroxyl groups excluding tert-OH is 1. The van der Waals surface area contributed by atoms with Crippen molar-refractivity contribution in [3.8, 4) is 11.1 Å². The van der Waals surface area contributed by atoms with Crippen molar-refractivity contribution in [2.45, 2.75) is 44.9 Å². The summed E-state index contributed by atoms with van der Waals surface area (Å²) in [6, 6.07) is 12.4. The number of alkyl carbamates (subject to hydrolysis) is 1. The lowest BCUT2D eigenvalue weighted by molar-refractivity contribution is -0.175. The SMILES string of the molecule is COC(=O)N[C@H](C(=O)OCOC(=O)C(O)C[C@@H](Cc1ccc(-c2cccc(Cl)c2)cc1)NC(=O)C(=O)O)C(C)C. The van der Waals surface area contributed by atoms with E-state index in [1.165, 1.54) is 0 Å². The van der Waals surface area contributed by atoms with Gasteiger partial charge in [-0.3, -0.25) is 4.79 Å². The summed E-state index contributed by atoms with van der Waals surface area (Å²) >= 11 is 6.05. The molecular weight excluding hydrogens is 548 g/mol. The molecule has 2 aromatic carbocycles. The minimum absolute atomic E-state index is 0.0867. The molecule has 0 aromatic heterocycles. The number of carboxylic acids is 1. The molecule has 0 aliphatic rings. The number of aliphatic hydroxyl groups is 1. The molecule has 12 nitrogen and oxygen atoms in total. The van der Waals surface area contributed by atoms with Crippen LogP contribution in [0.15, 0.2) is 48.5 Å². The molecule has 2 aromatic rings. The number of halogens is 1. The molecule has 2 rings (SSSR count). The van der Waals surface area contributed by atoms with Crippen LogP contribution < -0.4 is 10.6 Å². The zero-order valence-electron chi connectivity index (χ0n) is 22.1. The predicted octanol–water partition coefficient (Wildman–Crippen LogP) is 2.29. The fraction of sp³-hybridized carbons (Fsp3) is 0.370. The van der Waals surface area contributed by atoms with Gasteiger partial charge in [-0.1, -0.05) is 61.8 Å². The molecule has 0 spiro atoms. The molecule has 0 fully saturated rings. The van der Waals surface area contributed by atoms with E-state index in [9.17, 15) is 29.1 Å². The van der Waals surface area contributed by atoms with Gasteiger partial charge in [0.25, 0.3) is 0 Å². The molecule has 2 amide bonds. The second-order valence-electron chi connectivity index (χ2n) is 9.04. The van der Waals surface area contributed by atoms with Crippen molar-refractivity contribution in [3.63, 3.8) is 0 Å². The molecule has 40 heavy (non-hydrogen) atoms. The zero-order chi connectivity index (χ0) is 29.8. The van der Waals surface area contributed by atoms with Crippen LogP contribution in [0.5, 0.6) is 0 Å². The quantitative estimate of drug-likeness (QED) is 0.166. The third kappa shape index (κ3) is 10.2. The van der Waals surface area contributed by atoms with E-state index in [0.717, 1.165) is 18.2 Å². The van der Waals surface area contributed by atoms with Gasteiger partial charge < -0.3 is 35.1 Å². The normalized spacial score (nSPS) is 12.9. The van der Waals surface area contributed by atoms with Gasteiger partial charge in [0.2, 0.25) is 6.79 Å². The third-order valence-electron chi connectivity index (χ3n) is 5.69. The number of aliphatic carboxylic acids is 1. The van der Waals surface area contributed by atoms with Crippen LogP contribution in [-0.4, -0.2) is 72.2 Å². The minimum Gasteiger partial charge on any atom is -0.474 e. The minimum atomic E-state index is -1.78. The van der Waals surface area contributed by atoms with Crippen LogP contribution in [0.25, 0.3) is 11.1 Å². The highest BCUT2D eigenvalue weighted by Crippen LogP contribution is 2.23. The van der Waals surface area contributed by atoms with Crippen molar-refractivity contribution in [1.29, 1.82) is 0 Å². The van der Waals surface area contributed by atoms with Gasteiger partial charge in [-0.25, -0.2) is 19.2 Å². The Labute approximate surface area is 235 Å². The van der Waals surface area contributed by atoms with Crippen LogP contribution in [0.1, 0.15) is 25.8 Å². The van der Waals surface area contributed by atoms with Gasteiger partial charge >= 0.3 is 29.9 Å². The number of carbonyl (C=O) groups is 5. The third-order valence-corrected chi connectivity index (χ3v) is 5.92. The number of benzene rings is 2. The van der Waals surface area contributed by atoms with Gasteiger partial charge in [-0.05, 0) is 41.2 Å².